The van der Waals surface area contributed by atoms with Crippen molar-refractivity contribution in [1.29, 1.82) is 0 Å². The topological polar surface area (TPSA) is 90.0 Å². The van der Waals surface area contributed by atoms with Gasteiger partial charge in [0.15, 0.2) is 15.6 Å². The molecule has 0 radical (unpaired) electrons. The van der Waals surface area contributed by atoms with Gasteiger partial charge < -0.3 is 9.47 Å². The zero-order chi connectivity index (χ0) is 17.0. The lowest BCUT2D eigenvalue weighted by atomic mass is 10.2. The second kappa shape index (κ2) is 7.10. The predicted molar refractivity (Wildman–Crippen MR) is 81.7 cm³/mol. The molecule has 1 saturated heterocycles. The smallest absolute Gasteiger partial charge is 0.412 e. The van der Waals surface area contributed by atoms with Crippen LogP contribution < -0.4 is 0 Å². The molecule has 1 heterocycles. The van der Waals surface area contributed by atoms with Crippen molar-refractivity contribution in [1.82, 2.24) is 4.90 Å². The fourth-order valence-electron chi connectivity index (χ4n) is 2.21. The van der Waals surface area contributed by atoms with Crippen molar-refractivity contribution in [2.75, 3.05) is 25.7 Å². The number of aryl methyl sites for hydroxylation is 1. The van der Waals surface area contributed by atoms with Crippen molar-refractivity contribution in [3.8, 4) is 0 Å². The fraction of sp³-hybridized carbons (Fsp3) is 0.467. The Morgan fingerprint density at radius 2 is 1.96 bits per heavy atom. The van der Waals surface area contributed by atoms with E-state index in [-0.39, 0.29) is 24.8 Å². The van der Waals surface area contributed by atoms with Gasteiger partial charge in [-0.1, -0.05) is 17.7 Å². The highest BCUT2D eigenvalue weighted by molar-refractivity contribution is 7.92. The maximum absolute atomic E-state index is 12.3. The largest absolute Gasteiger partial charge is 0.450 e. The van der Waals surface area contributed by atoms with Gasteiger partial charge in [-0.2, -0.15) is 0 Å². The average molecular weight is 341 g/mol. The van der Waals surface area contributed by atoms with E-state index in [4.69, 9.17) is 9.47 Å². The molecular formula is C15H19NO6S. The van der Waals surface area contributed by atoms with Crippen molar-refractivity contribution in [3.05, 3.63) is 29.8 Å². The van der Waals surface area contributed by atoms with E-state index in [9.17, 15) is 18.0 Å². The lowest BCUT2D eigenvalue weighted by Crippen LogP contribution is -2.44. The average Bonchev–Trinajstić information content (AvgIpc) is 2.97. The molecule has 1 aromatic rings. The van der Waals surface area contributed by atoms with Crippen molar-refractivity contribution in [2.45, 2.75) is 24.8 Å². The molecule has 0 N–H and O–H groups in total. The summed E-state index contributed by atoms with van der Waals surface area (Å²) in [4.78, 5) is 25.3. The Morgan fingerprint density at radius 1 is 1.30 bits per heavy atom. The van der Waals surface area contributed by atoms with Gasteiger partial charge in [-0.3, -0.25) is 9.69 Å². The molecule has 1 fully saturated rings. The predicted octanol–water partition coefficient (Wildman–Crippen LogP) is 1.15. The minimum Gasteiger partial charge on any atom is -0.450 e. The van der Waals surface area contributed by atoms with Crippen LogP contribution in [0, 0.1) is 6.92 Å². The van der Waals surface area contributed by atoms with E-state index >= 15 is 0 Å². The number of carbonyl (C=O) groups excluding carboxylic acids is 2. The molecule has 7 nitrogen and oxygen atoms in total. The first-order chi connectivity index (χ1) is 10.8. The summed E-state index contributed by atoms with van der Waals surface area (Å²) in [6.07, 6.45) is -0.684. The molecule has 0 aliphatic carbocycles. The monoisotopic (exact) mass is 341 g/mol. The van der Waals surface area contributed by atoms with Crippen LogP contribution in [-0.4, -0.2) is 56.9 Å². The molecule has 1 aliphatic rings. The maximum atomic E-state index is 12.3. The number of nitrogens with zero attached hydrogens (tertiary/aromatic N) is 1. The molecule has 0 saturated carbocycles. The molecule has 0 unspecified atom stereocenters. The van der Waals surface area contributed by atoms with Gasteiger partial charge in [0, 0.05) is 0 Å². The number of hydrogen-bond donors (Lipinski definition) is 0. The Kier molecular flexibility index (Phi) is 5.38. The molecule has 2 rings (SSSR count). The summed E-state index contributed by atoms with van der Waals surface area (Å²) in [7, 11) is -3.76. The van der Waals surface area contributed by atoms with Crippen LogP contribution in [0.15, 0.2) is 29.2 Å². The van der Waals surface area contributed by atoms with E-state index in [0.717, 1.165) is 10.5 Å². The number of carbonyl (C=O) groups is 2. The highest BCUT2D eigenvalue weighted by atomic mass is 32.2. The number of Topliss-reactive ketones (excluding diaryl/α,β-unsaturated/α-hetero) is 1. The summed E-state index contributed by atoms with van der Waals surface area (Å²) < 4.78 is 34.6. The maximum Gasteiger partial charge on any atom is 0.412 e. The van der Waals surface area contributed by atoms with Crippen LogP contribution in [0.3, 0.4) is 0 Å². The lowest BCUT2D eigenvalue weighted by Gasteiger charge is -2.20. The van der Waals surface area contributed by atoms with Gasteiger partial charge in [0.1, 0.15) is 18.5 Å². The zero-order valence-corrected chi connectivity index (χ0v) is 13.8. The Labute approximate surface area is 135 Å². The van der Waals surface area contributed by atoms with Gasteiger partial charge in [-0.15, -0.1) is 0 Å². The molecule has 1 aromatic carbocycles. The third kappa shape index (κ3) is 4.08. The molecule has 0 spiro atoms. The molecule has 23 heavy (non-hydrogen) atoms. The number of sulfone groups is 1. The second-order valence-electron chi connectivity index (χ2n) is 5.22. The number of hydrogen-bond acceptors (Lipinski definition) is 6. The van der Waals surface area contributed by atoms with E-state index in [1.165, 1.54) is 12.1 Å². The Balaban J connectivity index is 2.11. The van der Waals surface area contributed by atoms with Crippen molar-refractivity contribution < 1.29 is 27.5 Å². The first kappa shape index (κ1) is 17.4. The Morgan fingerprint density at radius 3 is 2.57 bits per heavy atom. The lowest BCUT2D eigenvalue weighted by molar-refractivity contribution is -0.120. The second-order valence-corrected chi connectivity index (χ2v) is 7.21. The van der Waals surface area contributed by atoms with E-state index < -0.39 is 33.5 Å². The Hall–Kier alpha value is -1.93. The third-order valence-corrected chi connectivity index (χ3v) is 5.12. The van der Waals surface area contributed by atoms with Gasteiger partial charge in [-0.05, 0) is 26.0 Å². The molecule has 0 bridgehead atoms. The molecule has 1 aliphatic heterocycles. The molecular weight excluding hydrogens is 322 g/mol. The van der Waals surface area contributed by atoms with E-state index in [1.54, 1.807) is 19.1 Å². The van der Waals surface area contributed by atoms with Gasteiger partial charge >= 0.3 is 6.09 Å². The molecule has 1 atom stereocenters. The van der Waals surface area contributed by atoms with E-state index in [2.05, 4.69) is 0 Å². The zero-order valence-electron chi connectivity index (χ0n) is 13.0. The first-order valence-electron chi connectivity index (χ1n) is 7.18. The fourth-order valence-corrected chi connectivity index (χ4v) is 3.49. The standard InChI is InChI=1S/C15H19NO6S/c1-3-22-15(18)16-10-21-8-13(16)14(17)9-23(19,20)12-6-4-11(2)5-7-12/h4-7,13H,3,8-10H2,1-2H3/t13-/m0/s1. The molecule has 8 heteroatoms. The highest BCUT2D eigenvalue weighted by Crippen LogP contribution is 2.17. The summed E-state index contributed by atoms with van der Waals surface area (Å²) in [5, 5.41) is 0. The summed E-state index contributed by atoms with van der Waals surface area (Å²) in [6, 6.07) is 5.33. The SMILES string of the molecule is CCOC(=O)N1COC[C@H]1C(=O)CS(=O)(=O)c1ccc(C)cc1. The summed E-state index contributed by atoms with van der Waals surface area (Å²) in [6.45, 7) is 3.54. The van der Waals surface area contributed by atoms with E-state index in [1.807, 2.05) is 6.92 Å². The van der Waals surface area contributed by atoms with Crippen LogP contribution in [0.4, 0.5) is 4.79 Å². The minimum absolute atomic E-state index is 0.0267. The quantitative estimate of drug-likeness (QED) is 0.798. The molecule has 1 amide bonds. The van der Waals surface area contributed by atoms with Gasteiger partial charge in [0.25, 0.3) is 0 Å². The van der Waals surface area contributed by atoms with Crippen LogP contribution in [0.5, 0.6) is 0 Å². The van der Waals surface area contributed by atoms with Crippen LogP contribution in [0.1, 0.15) is 12.5 Å². The Bertz CT molecular complexity index is 682. The van der Waals surface area contributed by atoms with Crippen LogP contribution in [-0.2, 0) is 24.1 Å². The van der Waals surface area contributed by atoms with Crippen molar-refractivity contribution in [2.24, 2.45) is 0 Å². The van der Waals surface area contributed by atoms with Gasteiger partial charge in [0.2, 0.25) is 0 Å². The van der Waals surface area contributed by atoms with Crippen molar-refractivity contribution in [3.63, 3.8) is 0 Å². The molecule has 126 valence electrons. The minimum atomic E-state index is -3.76. The summed E-state index contributed by atoms with van der Waals surface area (Å²) >= 11 is 0. The number of ether oxygens (including phenoxy) is 2. The normalized spacial score (nSPS) is 18.0. The number of ketones is 1. The third-order valence-electron chi connectivity index (χ3n) is 3.47. The van der Waals surface area contributed by atoms with Crippen molar-refractivity contribution >= 4 is 21.7 Å². The highest BCUT2D eigenvalue weighted by Gasteiger charge is 2.37. The number of benzene rings is 1. The summed E-state index contributed by atoms with van der Waals surface area (Å²) in [5.74, 6) is -1.27. The van der Waals surface area contributed by atoms with Crippen LogP contribution in [0.2, 0.25) is 0 Å². The van der Waals surface area contributed by atoms with E-state index in [0.29, 0.717) is 0 Å². The van der Waals surface area contributed by atoms with Gasteiger partial charge in [-0.25, -0.2) is 13.2 Å². The number of amides is 1. The van der Waals surface area contributed by atoms with Crippen LogP contribution in [0.25, 0.3) is 0 Å². The molecule has 0 aromatic heterocycles. The first-order valence-corrected chi connectivity index (χ1v) is 8.83. The summed E-state index contributed by atoms with van der Waals surface area (Å²) in [5.41, 5.74) is 0.924. The van der Waals surface area contributed by atoms with Crippen LogP contribution >= 0.6 is 0 Å². The number of rotatable bonds is 5. The van der Waals surface area contributed by atoms with Gasteiger partial charge in [0.05, 0.1) is 18.1 Å².